The van der Waals surface area contributed by atoms with Crippen molar-refractivity contribution in [2.45, 2.75) is 25.5 Å². The molecule has 0 saturated carbocycles. The highest BCUT2D eigenvalue weighted by atomic mass is 35.5. The van der Waals surface area contributed by atoms with E-state index in [0.29, 0.717) is 17.0 Å². The first-order chi connectivity index (χ1) is 6.56. The van der Waals surface area contributed by atoms with Crippen LogP contribution in [0.1, 0.15) is 25.0 Å². The van der Waals surface area contributed by atoms with Gasteiger partial charge in [-0.15, -0.1) is 0 Å². The van der Waals surface area contributed by atoms with E-state index in [0.717, 1.165) is 0 Å². The van der Waals surface area contributed by atoms with Crippen LogP contribution in [0, 0.1) is 5.82 Å². The van der Waals surface area contributed by atoms with E-state index >= 15 is 0 Å². The van der Waals surface area contributed by atoms with Crippen LogP contribution in [0.4, 0.5) is 4.39 Å². The lowest BCUT2D eigenvalue weighted by molar-refractivity contribution is 0.144. The van der Waals surface area contributed by atoms with E-state index in [9.17, 15) is 9.50 Å². The molecular weight excluding hydrogens is 205 g/mol. The van der Waals surface area contributed by atoms with Gasteiger partial charge in [0.05, 0.1) is 6.10 Å². The minimum absolute atomic E-state index is 0.336. The number of nitrogens with two attached hydrogens (primary N) is 1. The number of benzene rings is 1. The fraction of sp³-hybridized carbons (Fsp3) is 0.400. The van der Waals surface area contributed by atoms with Crippen LogP contribution < -0.4 is 5.73 Å². The maximum atomic E-state index is 12.9. The van der Waals surface area contributed by atoms with Crippen molar-refractivity contribution in [3.05, 3.63) is 34.6 Å². The highest BCUT2D eigenvalue weighted by Crippen LogP contribution is 2.26. The maximum Gasteiger partial charge on any atom is 0.123 e. The highest BCUT2D eigenvalue weighted by molar-refractivity contribution is 6.31. The van der Waals surface area contributed by atoms with E-state index in [2.05, 4.69) is 0 Å². The summed E-state index contributed by atoms with van der Waals surface area (Å²) < 4.78 is 12.9. The maximum absolute atomic E-state index is 12.9. The van der Waals surface area contributed by atoms with Crippen molar-refractivity contribution in [3.8, 4) is 0 Å². The predicted octanol–water partition coefficient (Wildman–Crippen LogP) is 2.25. The van der Waals surface area contributed by atoms with Crippen molar-refractivity contribution in [2.24, 2.45) is 5.73 Å². The quantitative estimate of drug-likeness (QED) is 0.816. The Hall–Kier alpha value is -0.640. The van der Waals surface area contributed by atoms with Gasteiger partial charge in [0.1, 0.15) is 5.82 Å². The third-order valence-electron chi connectivity index (χ3n) is 2.15. The molecule has 0 aliphatic rings. The number of aliphatic hydroxyl groups excluding tert-OH is 1. The molecule has 0 aliphatic heterocycles. The molecule has 0 bridgehead atoms. The topological polar surface area (TPSA) is 46.2 Å². The van der Waals surface area contributed by atoms with E-state index in [4.69, 9.17) is 17.3 Å². The summed E-state index contributed by atoms with van der Waals surface area (Å²) in [4.78, 5) is 0. The van der Waals surface area contributed by atoms with Gasteiger partial charge in [0.2, 0.25) is 0 Å². The lowest BCUT2D eigenvalue weighted by Gasteiger charge is -2.18. The SMILES string of the molecule is CCC(N)C(O)c1cc(F)ccc1Cl. The average molecular weight is 218 g/mol. The van der Waals surface area contributed by atoms with Crippen LogP contribution in [0.15, 0.2) is 18.2 Å². The summed E-state index contributed by atoms with van der Waals surface area (Å²) in [6.45, 7) is 1.85. The van der Waals surface area contributed by atoms with Gasteiger partial charge in [-0.1, -0.05) is 18.5 Å². The molecule has 0 saturated heterocycles. The lowest BCUT2D eigenvalue weighted by atomic mass is 10.0. The number of halogens is 2. The lowest BCUT2D eigenvalue weighted by Crippen LogP contribution is -2.27. The summed E-state index contributed by atoms with van der Waals surface area (Å²) in [5.74, 6) is -0.424. The number of rotatable bonds is 3. The molecule has 14 heavy (non-hydrogen) atoms. The molecule has 78 valence electrons. The van der Waals surface area contributed by atoms with Crippen LogP contribution >= 0.6 is 11.6 Å². The zero-order valence-electron chi connectivity index (χ0n) is 7.87. The van der Waals surface area contributed by atoms with Gasteiger partial charge in [0.15, 0.2) is 0 Å². The summed E-state index contributed by atoms with van der Waals surface area (Å²) in [5, 5.41) is 10.1. The van der Waals surface area contributed by atoms with Crippen LogP contribution in [0.3, 0.4) is 0 Å². The molecule has 4 heteroatoms. The van der Waals surface area contributed by atoms with Crippen LogP contribution in [0.5, 0.6) is 0 Å². The summed E-state index contributed by atoms with van der Waals surface area (Å²) in [7, 11) is 0. The summed E-state index contributed by atoms with van der Waals surface area (Å²) in [5.41, 5.74) is 5.98. The monoisotopic (exact) mass is 217 g/mol. The normalized spacial score (nSPS) is 15.2. The van der Waals surface area contributed by atoms with E-state index < -0.39 is 18.0 Å². The average Bonchev–Trinajstić information content (AvgIpc) is 2.19. The second kappa shape index (κ2) is 4.73. The highest BCUT2D eigenvalue weighted by Gasteiger charge is 2.18. The second-order valence-corrected chi connectivity index (χ2v) is 3.59. The van der Waals surface area contributed by atoms with Gasteiger partial charge in [-0.25, -0.2) is 4.39 Å². The Bertz CT molecular complexity index is 319. The summed E-state index contributed by atoms with van der Waals surface area (Å²) in [6.07, 6.45) is -0.309. The molecule has 2 unspecified atom stereocenters. The van der Waals surface area contributed by atoms with Crippen LogP contribution in [-0.2, 0) is 0 Å². The first-order valence-corrected chi connectivity index (χ1v) is 4.82. The van der Waals surface area contributed by atoms with Crippen molar-refractivity contribution in [2.75, 3.05) is 0 Å². The van der Waals surface area contributed by atoms with Gasteiger partial charge in [0.25, 0.3) is 0 Å². The van der Waals surface area contributed by atoms with Crippen LogP contribution in [0.2, 0.25) is 5.02 Å². The van der Waals surface area contributed by atoms with Gasteiger partial charge in [-0.2, -0.15) is 0 Å². The summed E-state index contributed by atoms with van der Waals surface area (Å²) >= 11 is 5.81. The predicted molar refractivity (Wildman–Crippen MR) is 54.6 cm³/mol. The molecule has 0 spiro atoms. The van der Waals surface area contributed by atoms with Gasteiger partial charge < -0.3 is 10.8 Å². The first kappa shape index (κ1) is 11.4. The molecule has 2 atom stereocenters. The summed E-state index contributed by atoms with van der Waals surface area (Å²) in [6, 6.07) is 3.45. The number of aliphatic hydroxyl groups is 1. The standard InChI is InChI=1S/C10H13ClFNO/c1-2-9(13)10(14)7-5-6(12)3-4-8(7)11/h3-5,9-10,14H,2,13H2,1H3. The van der Waals surface area contributed by atoms with Crippen molar-refractivity contribution in [1.29, 1.82) is 0 Å². The Morgan fingerprint density at radius 1 is 1.57 bits per heavy atom. The number of hydrogen-bond acceptors (Lipinski definition) is 2. The van der Waals surface area contributed by atoms with E-state index in [1.165, 1.54) is 18.2 Å². The van der Waals surface area contributed by atoms with Crippen molar-refractivity contribution >= 4 is 11.6 Å². The fourth-order valence-electron chi connectivity index (χ4n) is 1.20. The molecule has 3 N–H and O–H groups in total. The first-order valence-electron chi connectivity index (χ1n) is 4.44. The van der Waals surface area contributed by atoms with Crippen molar-refractivity contribution < 1.29 is 9.50 Å². The molecular formula is C10H13ClFNO. The van der Waals surface area contributed by atoms with Gasteiger partial charge >= 0.3 is 0 Å². The Labute approximate surface area is 87.5 Å². The van der Waals surface area contributed by atoms with E-state index in [1.54, 1.807) is 0 Å². The molecule has 1 aromatic rings. The van der Waals surface area contributed by atoms with E-state index in [1.807, 2.05) is 6.92 Å². The largest absolute Gasteiger partial charge is 0.387 e. The van der Waals surface area contributed by atoms with Gasteiger partial charge in [-0.05, 0) is 24.6 Å². The second-order valence-electron chi connectivity index (χ2n) is 3.18. The third-order valence-corrected chi connectivity index (χ3v) is 2.50. The zero-order valence-corrected chi connectivity index (χ0v) is 8.63. The minimum Gasteiger partial charge on any atom is -0.387 e. The molecule has 0 aromatic heterocycles. The van der Waals surface area contributed by atoms with Gasteiger partial charge in [0, 0.05) is 16.6 Å². The fourth-order valence-corrected chi connectivity index (χ4v) is 1.42. The zero-order chi connectivity index (χ0) is 10.7. The number of hydrogen-bond donors (Lipinski definition) is 2. The van der Waals surface area contributed by atoms with Crippen molar-refractivity contribution in [1.82, 2.24) is 0 Å². The molecule has 1 rings (SSSR count). The molecule has 2 nitrogen and oxygen atoms in total. The molecule has 0 heterocycles. The Morgan fingerprint density at radius 2 is 2.21 bits per heavy atom. The molecule has 1 aromatic carbocycles. The smallest absolute Gasteiger partial charge is 0.123 e. The minimum atomic E-state index is -0.914. The Balaban J connectivity index is 2.99. The Kier molecular flexibility index (Phi) is 3.86. The molecule has 0 fully saturated rings. The van der Waals surface area contributed by atoms with Crippen LogP contribution in [-0.4, -0.2) is 11.1 Å². The molecule has 0 radical (unpaired) electrons. The third kappa shape index (κ3) is 2.44. The van der Waals surface area contributed by atoms with Gasteiger partial charge in [-0.3, -0.25) is 0 Å². The Morgan fingerprint density at radius 3 is 2.79 bits per heavy atom. The van der Waals surface area contributed by atoms with Crippen LogP contribution in [0.25, 0.3) is 0 Å². The van der Waals surface area contributed by atoms with E-state index in [-0.39, 0.29) is 0 Å². The van der Waals surface area contributed by atoms with Crippen molar-refractivity contribution in [3.63, 3.8) is 0 Å². The molecule has 0 aliphatic carbocycles. The molecule has 0 amide bonds.